The summed E-state index contributed by atoms with van der Waals surface area (Å²) in [6, 6.07) is 3.84. The molecule has 1 atom stereocenters. The number of pyridine rings is 1. The first-order chi connectivity index (χ1) is 12.1. The minimum Gasteiger partial charge on any atom is -0.387 e. The zero-order valence-corrected chi connectivity index (χ0v) is 17.1. The average Bonchev–Trinajstić information content (AvgIpc) is 2.53. The fraction of sp³-hybridized carbons (Fsp3) is 0.737. The lowest BCUT2D eigenvalue weighted by Gasteiger charge is -2.35. The molecule has 6 nitrogen and oxygen atoms in total. The Morgan fingerprint density at radius 3 is 2.54 bits per heavy atom. The van der Waals surface area contributed by atoms with Crippen LogP contribution in [0.2, 0.25) is 0 Å². The Kier molecular flexibility index (Phi) is 7.19. The fourth-order valence-electron chi connectivity index (χ4n) is 3.91. The van der Waals surface area contributed by atoms with E-state index in [9.17, 15) is 13.5 Å². The van der Waals surface area contributed by atoms with Crippen molar-refractivity contribution in [3.05, 3.63) is 29.6 Å². The van der Waals surface area contributed by atoms with E-state index in [2.05, 4.69) is 28.9 Å². The summed E-state index contributed by atoms with van der Waals surface area (Å²) in [5.41, 5.74) is 1.64. The van der Waals surface area contributed by atoms with Crippen LogP contribution < -0.4 is 10.0 Å². The Morgan fingerprint density at radius 1 is 1.31 bits per heavy atom. The number of aliphatic hydroxyl groups is 1. The molecule has 0 aliphatic heterocycles. The molecule has 26 heavy (non-hydrogen) atoms. The largest absolute Gasteiger partial charge is 0.387 e. The molecule has 0 amide bonds. The molecule has 1 aliphatic carbocycles. The number of nitrogens with one attached hydrogen (secondary N) is 2. The van der Waals surface area contributed by atoms with Gasteiger partial charge in [-0.05, 0) is 64.9 Å². The number of sulfonamides is 1. The van der Waals surface area contributed by atoms with Gasteiger partial charge >= 0.3 is 0 Å². The van der Waals surface area contributed by atoms with E-state index in [0.717, 1.165) is 43.4 Å². The van der Waals surface area contributed by atoms with Crippen LogP contribution in [-0.4, -0.2) is 42.9 Å². The molecule has 0 radical (unpaired) electrons. The number of aryl methyl sites for hydroxylation is 1. The van der Waals surface area contributed by atoms with Gasteiger partial charge in [-0.3, -0.25) is 4.98 Å². The summed E-state index contributed by atoms with van der Waals surface area (Å²) in [6.07, 6.45) is 7.25. The van der Waals surface area contributed by atoms with Crippen LogP contribution in [0.5, 0.6) is 0 Å². The number of hydrogen-bond donors (Lipinski definition) is 3. The lowest BCUT2D eigenvalue weighted by Crippen LogP contribution is -2.44. The molecule has 2 rings (SSSR count). The summed E-state index contributed by atoms with van der Waals surface area (Å²) in [7, 11) is -3.12. The van der Waals surface area contributed by atoms with Crippen LogP contribution >= 0.6 is 0 Å². The predicted molar refractivity (Wildman–Crippen MR) is 104 cm³/mol. The summed E-state index contributed by atoms with van der Waals surface area (Å²) in [6.45, 7) is 6.73. The third-order valence-corrected chi connectivity index (χ3v) is 5.97. The van der Waals surface area contributed by atoms with Gasteiger partial charge in [0.1, 0.15) is 0 Å². The summed E-state index contributed by atoms with van der Waals surface area (Å²) in [4.78, 5) is 4.23. The van der Waals surface area contributed by atoms with Crippen molar-refractivity contribution in [2.45, 2.75) is 70.6 Å². The van der Waals surface area contributed by atoms with Crippen molar-refractivity contribution >= 4 is 10.0 Å². The van der Waals surface area contributed by atoms with E-state index in [-0.39, 0.29) is 11.6 Å². The first-order valence-corrected chi connectivity index (χ1v) is 11.3. The number of aliphatic hydroxyl groups excluding tert-OH is 1. The summed E-state index contributed by atoms with van der Waals surface area (Å²) in [5.74, 6) is 0.576. The van der Waals surface area contributed by atoms with Crippen LogP contribution in [0, 0.1) is 12.8 Å². The zero-order valence-electron chi connectivity index (χ0n) is 16.3. The van der Waals surface area contributed by atoms with Crippen molar-refractivity contribution in [1.29, 1.82) is 0 Å². The number of hydrogen-bond acceptors (Lipinski definition) is 5. The van der Waals surface area contributed by atoms with Crippen LogP contribution in [0.25, 0.3) is 0 Å². The minimum absolute atomic E-state index is 0.0766. The van der Waals surface area contributed by atoms with Crippen LogP contribution in [0.15, 0.2) is 18.3 Å². The molecule has 1 saturated carbocycles. The summed E-state index contributed by atoms with van der Waals surface area (Å²) >= 11 is 0. The molecule has 148 valence electrons. The SMILES string of the molecule is Cc1ncccc1[C@@H](O)CNC(C)(C)CC1CCC(NS(C)(=O)=O)CC1. The Hall–Kier alpha value is -1.02. The molecular formula is C19H33N3O3S. The molecular weight excluding hydrogens is 350 g/mol. The van der Waals surface area contributed by atoms with Crippen LogP contribution in [0.4, 0.5) is 0 Å². The van der Waals surface area contributed by atoms with Gasteiger partial charge in [0.05, 0.1) is 12.4 Å². The Balaban J connectivity index is 1.79. The molecule has 0 saturated heterocycles. The monoisotopic (exact) mass is 383 g/mol. The smallest absolute Gasteiger partial charge is 0.208 e. The van der Waals surface area contributed by atoms with E-state index in [1.165, 1.54) is 6.26 Å². The van der Waals surface area contributed by atoms with Gasteiger partial charge in [-0.15, -0.1) is 0 Å². The maximum Gasteiger partial charge on any atom is 0.208 e. The lowest BCUT2D eigenvalue weighted by atomic mass is 9.79. The van der Waals surface area contributed by atoms with Gasteiger partial charge in [0.25, 0.3) is 0 Å². The highest BCUT2D eigenvalue weighted by Crippen LogP contribution is 2.31. The molecule has 0 spiro atoms. The van der Waals surface area contributed by atoms with Crippen LogP contribution in [0.3, 0.4) is 0 Å². The minimum atomic E-state index is -3.12. The molecule has 3 N–H and O–H groups in total. The van der Waals surface area contributed by atoms with E-state index < -0.39 is 16.1 Å². The predicted octanol–water partition coefficient (Wildman–Crippen LogP) is 2.29. The first-order valence-electron chi connectivity index (χ1n) is 9.37. The lowest BCUT2D eigenvalue weighted by molar-refractivity contribution is 0.149. The third-order valence-electron chi connectivity index (χ3n) is 5.21. The molecule has 1 aromatic heterocycles. The number of rotatable bonds is 8. The van der Waals surface area contributed by atoms with E-state index >= 15 is 0 Å². The Morgan fingerprint density at radius 2 is 1.96 bits per heavy atom. The summed E-state index contributed by atoms with van der Waals surface area (Å²) < 4.78 is 25.4. The number of nitrogens with zero attached hydrogens (tertiary/aromatic N) is 1. The van der Waals surface area contributed by atoms with Crippen molar-refractivity contribution < 1.29 is 13.5 Å². The number of β-amino-alcohol motifs (C(OH)–C–C–N with tert-alkyl or cyclic N) is 1. The van der Waals surface area contributed by atoms with Gasteiger partial charge in [0, 0.05) is 35.6 Å². The topological polar surface area (TPSA) is 91.3 Å². The van der Waals surface area contributed by atoms with E-state index in [4.69, 9.17) is 0 Å². The van der Waals surface area contributed by atoms with E-state index in [1.54, 1.807) is 6.20 Å². The maximum absolute atomic E-state index is 11.4. The average molecular weight is 384 g/mol. The van der Waals surface area contributed by atoms with Gasteiger partial charge < -0.3 is 10.4 Å². The molecule has 0 bridgehead atoms. The normalized spacial score (nSPS) is 23.0. The van der Waals surface area contributed by atoms with Crippen molar-refractivity contribution in [3.8, 4) is 0 Å². The quantitative estimate of drug-likeness (QED) is 0.641. The second-order valence-electron chi connectivity index (χ2n) is 8.27. The van der Waals surface area contributed by atoms with Crippen molar-refractivity contribution in [2.24, 2.45) is 5.92 Å². The van der Waals surface area contributed by atoms with Gasteiger partial charge in [0.2, 0.25) is 10.0 Å². The molecule has 1 fully saturated rings. The van der Waals surface area contributed by atoms with Crippen LogP contribution in [0.1, 0.15) is 63.3 Å². The highest BCUT2D eigenvalue weighted by molar-refractivity contribution is 7.88. The fourth-order valence-corrected chi connectivity index (χ4v) is 4.75. The summed E-state index contributed by atoms with van der Waals surface area (Å²) in [5, 5.41) is 13.9. The van der Waals surface area contributed by atoms with Gasteiger partial charge in [0.15, 0.2) is 0 Å². The Labute approximate surface area is 157 Å². The molecule has 7 heteroatoms. The second-order valence-corrected chi connectivity index (χ2v) is 10.1. The van der Waals surface area contributed by atoms with Crippen molar-refractivity contribution in [3.63, 3.8) is 0 Å². The molecule has 0 aromatic carbocycles. The van der Waals surface area contributed by atoms with Gasteiger partial charge in [-0.25, -0.2) is 13.1 Å². The molecule has 1 aromatic rings. The number of aromatic nitrogens is 1. The van der Waals surface area contributed by atoms with Gasteiger partial charge in [-0.2, -0.15) is 0 Å². The standard InChI is InChI=1S/C19H33N3O3S/c1-14-17(6-5-11-20-14)18(23)13-21-19(2,3)12-15-7-9-16(10-8-15)22-26(4,24)25/h5-6,11,15-16,18,21-23H,7-10,12-13H2,1-4H3/t15?,16?,18-/m0/s1. The third kappa shape index (κ3) is 6.95. The molecule has 1 aliphatic rings. The van der Waals surface area contributed by atoms with E-state index in [1.807, 2.05) is 19.1 Å². The second kappa shape index (κ2) is 8.78. The molecule has 0 unspecified atom stereocenters. The molecule has 1 heterocycles. The Bertz CT molecular complexity index is 683. The van der Waals surface area contributed by atoms with E-state index in [0.29, 0.717) is 12.5 Å². The van der Waals surface area contributed by atoms with Gasteiger partial charge in [-0.1, -0.05) is 6.07 Å². The van der Waals surface area contributed by atoms with Crippen LogP contribution in [-0.2, 0) is 10.0 Å². The van der Waals surface area contributed by atoms with Crippen molar-refractivity contribution in [1.82, 2.24) is 15.0 Å². The maximum atomic E-state index is 11.4. The highest BCUT2D eigenvalue weighted by atomic mass is 32.2. The zero-order chi connectivity index (χ0) is 19.4. The van der Waals surface area contributed by atoms with Crippen molar-refractivity contribution in [2.75, 3.05) is 12.8 Å². The first kappa shape index (κ1) is 21.3. The highest BCUT2D eigenvalue weighted by Gasteiger charge is 2.28.